The van der Waals surface area contributed by atoms with Crippen molar-refractivity contribution in [2.75, 3.05) is 12.4 Å². The highest BCUT2D eigenvalue weighted by Crippen LogP contribution is 2.23. The largest absolute Gasteiger partial charge is 0.497 e. The molecule has 22 heavy (non-hydrogen) atoms. The predicted octanol–water partition coefficient (Wildman–Crippen LogP) is 1.99. The molecule has 1 amide bonds. The zero-order chi connectivity index (χ0) is 15.4. The number of carbonyl (C=O) groups is 1. The molecule has 114 valence electrons. The Labute approximate surface area is 128 Å². The Balaban J connectivity index is 1.53. The number of methoxy groups -OCH3 is 1. The van der Waals surface area contributed by atoms with Crippen molar-refractivity contribution >= 4 is 11.7 Å². The van der Waals surface area contributed by atoms with Crippen molar-refractivity contribution in [1.82, 2.24) is 15.3 Å². The van der Waals surface area contributed by atoms with Crippen molar-refractivity contribution in [2.24, 2.45) is 0 Å². The van der Waals surface area contributed by atoms with Gasteiger partial charge in [-0.05, 0) is 30.5 Å². The van der Waals surface area contributed by atoms with Gasteiger partial charge in [-0.1, -0.05) is 12.1 Å². The summed E-state index contributed by atoms with van der Waals surface area (Å²) < 4.78 is 5.10. The molecule has 1 aromatic heterocycles. The number of nitrogens with one attached hydrogen (secondary N) is 2. The smallest absolute Gasteiger partial charge is 0.271 e. The van der Waals surface area contributed by atoms with Gasteiger partial charge in [-0.2, -0.15) is 0 Å². The lowest BCUT2D eigenvalue weighted by Crippen LogP contribution is -2.24. The summed E-state index contributed by atoms with van der Waals surface area (Å²) in [5.41, 5.74) is 1.31. The molecule has 1 aliphatic rings. The van der Waals surface area contributed by atoms with Crippen LogP contribution in [0.1, 0.15) is 28.9 Å². The number of ether oxygens (including phenoxy) is 1. The highest BCUT2D eigenvalue weighted by Gasteiger charge is 2.21. The molecule has 0 atom stereocenters. The van der Waals surface area contributed by atoms with Crippen molar-refractivity contribution in [3.8, 4) is 5.75 Å². The van der Waals surface area contributed by atoms with Gasteiger partial charge in [0.05, 0.1) is 19.5 Å². The molecule has 1 aromatic carbocycles. The minimum Gasteiger partial charge on any atom is -0.497 e. The molecule has 3 rings (SSSR count). The summed E-state index contributed by atoms with van der Waals surface area (Å²) in [7, 11) is 1.62. The van der Waals surface area contributed by atoms with Crippen LogP contribution in [-0.2, 0) is 6.54 Å². The van der Waals surface area contributed by atoms with E-state index in [0.717, 1.165) is 11.3 Å². The van der Waals surface area contributed by atoms with Crippen LogP contribution in [-0.4, -0.2) is 29.0 Å². The maximum atomic E-state index is 12.0. The zero-order valence-corrected chi connectivity index (χ0v) is 12.4. The molecule has 0 aliphatic heterocycles. The monoisotopic (exact) mass is 298 g/mol. The number of benzene rings is 1. The van der Waals surface area contributed by atoms with Crippen LogP contribution in [0.3, 0.4) is 0 Å². The van der Waals surface area contributed by atoms with Gasteiger partial charge in [0, 0.05) is 12.6 Å². The number of rotatable bonds is 6. The number of carbonyl (C=O) groups excluding carboxylic acids is 1. The first-order valence-electron chi connectivity index (χ1n) is 7.24. The second kappa shape index (κ2) is 6.43. The van der Waals surface area contributed by atoms with Gasteiger partial charge in [0.15, 0.2) is 0 Å². The molecule has 2 aromatic rings. The lowest BCUT2D eigenvalue weighted by molar-refractivity contribution is 0.0945. The number of hydrogen-bond donors (Lipinski definition) is 2. The third-order valence-electron chi connectivity index (χ3n) is 3.43. The van der Waals surface area contributed by atoms with Crippen molar-refractivity contribution in [1.29, 1.82) is 0 Å². The highest BCUT2D eigenvalue weighted by molar-refractivity contribution is 5.91. The topological polar surface area (TPSA) is 76.1 Å². The van der Waals surface area contributed by atoms with Crippen molar-refractivity contribution in [3.05, 3.63) is 47.9 Å². The Morgan fingerprint density at radius 1 is 1.23 bits per heavy atom. The molecule has 1 heterocycles. The average Bonchev–Trinajstić information content (AvgIpc) is 3.38. The van der Waals surface area contributed by atoms with Gasteiger partial charge >= 0.3 is 0 Å². The van der Waals surface area contributed by atoms with E-state index >= 15 is 0 Å². The summed E-state index contributed by atoms with van der Waals surface area (Å²) in [6, 6.07) is 8.06. The van der Waals surface area contributed by atoms with Crippen LogP contribution < -0.4 is 15.4 Å². The van der Waals surface area contributed by atoms with E-state index in [9.17, 15) is 4.79 Å². The molecular formula is C16H18N4O2. The van der Waals surface area contributed by atoms with Crippen LogP contribution in [0, 0.1) is 0 Å². The number of anilines is 1. The number of hydrogen-bond acceptors (Lipinski definition) is 5. The maximum absolute atomic E-state index is 12.0. The van der Waals surface area contributed by atoms with E-state index in [4.69, 9.17) is 4.74 Å². The minimum absolute atomic E-state index is 0.235. The molecule has 0 bridgehead atoms. The summed E-state index contributed by atoms with van der Waals surface area (Å²) in [5.74, 6) is 1.27. The van der Waals surface area contributed by atoms with Crippen LogP contribution in [0.4, 0.5) is 5.82 Å². The van der Waals surface area contributed by atoms with Crippen LogP contribution in [0.5, 0.6) is 5.75 Å². The molecule has 6 heteroatoms. The fourth-order valence-electron chi connectivity index (χ4n) is 1.97. The Morgan fingerprint density at radius 2 is 2.00 bits per heavy atom. The molecular weight excluding hydrogens is 280 g/mol. The fraction of sp³-hybridized carbons (Fsp3) is 0.312. The van der Waals surface area contributed by atoms with E-state index < -0.39 is 0 Å². The van der Waals surface area contributed by atoms with Crippen molar-refractivity contribution in [2.45, 2.75) is 25.4 Å². The van der Waals surface area contributed by atoms with E-state index in [-0.39, 0.29) is 5.91 Å². The van der Waals surface area contributed by atoms with E-state index in [1.54, 1.807) is 13.3 Å². The minimum atomic E-state index is -0.235. The van der Waals surface area contributed by atoms with Gasteiger partial charge in [-0.25, -0.2) is 9.97 Å². The average molecular weight is 298 g/mol. The summed E-state index contributed by atoms with van der Waals surface area (Å²) in [6.07, 6.45) is 5.44. The maximum Gasteiger partial charge on any atom is 0.271 e. The van der Waals surface area contributed by atoms with Gasteiger partial charge in [0.25, 0.3) is 5.91 Å². The normalized spacial score (nSPS) is 13.5. The van der Waals surface area contributed by atoms with Crippen LogP contribution in [0.15, 0.2) is 36.7 Å². The summed E-state index contributed by atoms with van der Waals surface area (Å²) in [6.45, 7) is 0.437. The Morgan fingerprint density at radius 3 is 2.59 bits per heavy atom. The standard InChI is InChI=1S/C16H18N4O2/c1-22-13-6-2-11(3-7-13)8-19-16(21)14-9-18-15(10-17-14)20-12-4-5-12/h2-3,6-7,9-10,12H,4-5,8H2,1H3,(H,18,20)(H,19,21). The van der Waals surface area contributed by atoms with E-state index in [1.165, 1.54) is 19.0 Å². The third kappa shape index (κ3) is 3.72. The fourth-order valence-corrected chi connectivity index (χ4v) is 1.97. The van der Waals surface area contributed by atoms with Gasteiger partial charge in [-0.3, -0.25) is 4.79 Å². The third-order valence-corrected chi connectivity index (χ3v) is 3.43. The molecule has 2 N–H and O–H groups in total. The number of aromatic nitrogens is 2. The lowest BCUT2D eigenvalue weighted by atomic mass is 10.2. The first-order valence-corrected chi connectivity index (χ1v) is 7.24. The first kappa shape index (κ1) is 14.3. The van der Waals surface area contributed by atoms with E-state index in [0.29, 0.717) is 24.1 Å². The van der Waals surface area contributed by atoms with E-state index in [1.807, 2.05) is 24.3 Å². The molecule has 6 nitrogen and oxygen atoms in total. The van der Waals surface area contributed by atoms with Crippen molar-refractivity contribution in [3.63, 3.8) is 0 Å². The number of nitrogens with zero attached hydrogens (tertiary/aromatic N) is 2. The van der Waals surface area contributed by atoms with Gasteiger partial charge < -0.3 is 15.4 Å². The molecule has 0 spiro atoms. The molecule has 1 saturated carbocycles. The Bertz CT molecular complexity index is 636. The first-order chi connectivity index (χ1) is 10.7. The molecule has 0 unspecified atom stereocenters. The van der Waals surface area contributed by atoms with Crippen LogP contribution in [0.25, 0.3) is 0 Å². The Kier molecular flexibility index (Phi) is 4.18. The molecule has 1 aliphatic carbocycles. The summed E-state index contributed by atoms with van der Waals surface area (Å²) in [5, 5.41) is 6.06. The van der Waals surface area contributed by atoms with Crippen LogP contribution in [0.2, 0.25) is 0 Å². The van der Waals surface area contributed by atoms with Gasteiger partial charge in [-0.15, -0.1) is 0 Å². The van der Waals surface area contributed by atoms with E-state index in [2.05, 4.69) is 20.6 Å². The van der Waals surface area contributed by atoms with Gasteiger partial charge in [0.1, 0.15) is 17.3 Å². The summed E-state index contributed by atoms with van der Waals surface area (Å²) in [4.78, 5) is 20.4. The second-order valence-electron chi connectivity index (χ2n) is 5.24. The SMILES string of the molecule is COc1ccc(CNC(=O)c2cnc(NC3CC3)cn2)cc1. The quantitative estimate of drug-likeness (QED) is 0.853. The molecule has 1 fully saturated rings. The zero-order valence-electron chi connectivity index (χ0n) is 12.4. The Hall–Kier alpha value is -2.63. The molecule has 0 radical (unpaired) electrons. The molecule has 0 saturated heterocycles. The van der Waals surface area contributed by atoms with Crippen LogP contribution >= 0.6 is 0 Å². The second-order valence-corrected chi connectivity index (χ2v) is 5.24. The van der Waals surface area contributed by atoms with Gasteiger partial charge in [0.2, 0.25) is 0 Å². The lowest BCUT2D eigenvalue weighted by Gasteiger charge is -2.07. The summed E-state index contributed by atoms with van der Waals surface area (Å²) >= 11 is 0. The highest BCUT2D eigenvalue weighted by atomic mass is 16.5. The van der Waals surface area contributed by atoms with Crippen molar-refractivity contribution < 1.29 is 9.53 Å². The predicted molar refractivity (Wildman–Crippen MR) is 82.8 cm³/mol. The number of amides is 1.